The molecule has 0 aliphatic heterocycles. The van der Waals surface area contributed by atoms with Crippen LogP contribution in [0, 0.1) is 0 Å². The highest BCUT2D eigenvalue weighted by Gasteiger charge is 2.19. The minimum atomic E-state index is -0.438. The Morgan fingerprint density at radius 3 is 2.41 bits per heavy atom. The largest absolute Gasteiger partial charge is 0.497 e. The molecule has 3 aromatic rings. The summed E-state index contributed by atoms with van der Waals surface area (Å²) in [6.07, 6.45) is 0. The lowest BCUT2D eigenvalue weighted by Crippen LogP contribution is -2.29. The maximum absolute atomic E-state index is 13.0. The summed E-state index contributed by atoms with van der Waals surface area (Å²) < 4.78 is 11.8. The van der Waals surface area contributed by atoms with Crippen LogP contribution in [0.2, 0.25) is 0 Å². The van der Waals surface area contributed by atoms with Crippen LogP contribution < -0.4 is 20.3 Å². The molecule has 27 heavy (non-hydrogen) atoms. The number of hydrogen-bond acceptors (Lipinski definition) is 5. The van der Waals surface area contributed by atoms with Gasteiger partial charge in [0.05, 0.1) is 31.3 Å². The lowest BCUT2D eigenvalue weighted by Gasteiger charge is -2.15. The van der Waals surface area contributed by atoms with Crippen molar-refractivity contribution in [1.82, 2.24) is 9.78 Å². The number of aromatic nitrogens is 2. The van der Waals surface area contributed by atoms with Gasteiger partial charge in [0.2, 0.25) is 0 Å². The molecule has 0 saturated carbocycles. The number of carbonyl (C=O) groups is 1. The average Bonchev–Trinajstić information content (AvgIpc) is 2.68. The highest BCUT2D eigenvalue weighted by molar-refractivity contribution is 6.11. The third-order valence-electron chi connectivity index (χ3n) is 4.19. The first-order chi connectivity index (χ1) is 13.0. The maximum atomic E-state index is 13.0. The first-order valence-corrected chi connectivity index (χ1v) is 8.51. The van der Waals surface area contributed by atoms with Gasteiger partial charge in [-0.15, -0.1) is 0 Å². The fraction of sp³-hybridized carbons (Fsp3) is 0.250. The number of anilines is 1. The van der Waals surface area contributed by atoms with Gasteiger partial charge < -0.3 is 14.8 Å². The molecule has 0 saturated heterocycles. The van der Waals surface area contributed by atoms with E-state index in [0.29, 0.717) is 28.0 Å². The second kappa shape index (κ2) is 7.49. The van der Waals surface area contributed by atoms with Crippen molar-refractivity contribution in [3.8, 4) is 11.5 Å². The van der Waals surface area contributed by atoms with Crippen LogP contribution >= 0.6 is 0 Å². The monoisotopic (exact) mass is 367 g/mol. The van der Waals surface area contributed by atoms with Gasteiger partial charge in [-0.05, 0) is 32.0 Å². The van der Waals surface area contributed by atoms with Crippen molar-refractivity contribution in [2.45, 2.75) is 19.9 Å². The molecule has 1 amide bonds. The second-order valence-electron chi connectivity index (χ2n) is 6.26. The molecule has 0 spiro atoms. The van der Waals surface area contributed by atoms with Crippen LogP contribution in [0.25, 0.3) is 10.8 Å². The number of fused-ring (bicyclic) bond motifs is 1. The molecular weight excluding hydrogens is 346 g/mol. The van der Waals surface area contributed by atoms with Crippen molar-refractivity contribution in [2.75, 3.05) is 19.5 Å². The van der Waals surface area contributed by atoms with Gasteiger partial charge in [0.15, 0.2) is 5.69 Å². The summed E-state index contributed by atoms with van der Waals surface area (Å²) in [6.45, 7) is 3.69. The summed E-state index contributed by atoms with van der Waals surface area (Å²) in [6, 6.07) is 11.9. The summed E-state index contributed by atoms with van der Waals surface area (Å²) in [7, 11) is 3.06. The molecule has 2 aromatic carbocycles. The molecule has 0 bridgehead atoms. The molecule has 1 heterocycles. The van der Waals surface area contributed by atoms with E-state index in [0.717, 1.165) is 0 Å². The van der Waals surface area contributed by atoms with E-state index < -0.39 is 5.91 Å². The molecule has 7 heteroatoms. The lowest BCUT2D eigenvalue weighted by atomic mass is 10.1. The Morgan fingerprint density at radius 1 is 1.07 bits per heavy atom. The number of benzene rings is 2. The fourth-order valence-corrected chi connectivity index (χ4v) is 2.82. The molecule has 0 aliphatic rings. The van der Waals surface area contributed by atoms with Gasteiger partial charge in [0, 0.05) is 11.5 Å². The Bertz CT molecular complexity index is 1060. The zero-order valence-corrected chi connectivity index (χ0v) is 15.6. The molecule has 140 valence electrons. The van der Waals surface area contributed by atoms with E-state index >= 15 is 0 Å². The minimum Gasteiger partial charge on any atom is -0.497 e. The molecule has 0 fully saturated rings. The van der Waals surface area contributed by atoms with Crippen LogP contribution in [0.3, 0.4) is 0 Å². The number of nitrogens with one attached hydrogen (secondary N) is 1. The standard InChI is InChI=1S/C20H21N3O4/c1-12(2)23-20(25)15-8-6-5-7-14(15)18(22-23)19(24)21-16-11-13(26-3)9-10-17(16)27-4/h5-12H,1-4H3,(H,21,24). The number of rotatable bonds is 5. The van der Waals surface area contributed by atoms with Crippen molar-refractivity contribution in [3.05, 3.63) is 58.5 Å². The maximum Gasteiger partial charge on any atom is 0.276 e. The number of nitrogens with zero attached hydrogens (tertiary/aromatic N) is 2. The van der Waals surface area contributed by atoms with Crippen LogP contribution in [0.5, 0.6) is 11.5 Å². The summed E-state index contributed by atoms with van der Waals surface area (Å²) in [5, 5.41) is 8.07. The van der Waals surface area contributed by atoms with Crippen LogP contribution in [-0.2, 0) is 0 Å². The van der Waals surface area contributed by atoms with Gasteiger partial charge in [-0.3, -0.25) is 9.59 Å². The van der Waals surface area contributed by atoms with Crippen molar-refractivity contribution in [1.29, 1.82) is 0 Å². The average molecular weight is 367 g/mol. The number of amides is 1. The summed E-state index contributed by atoms with van der Waals surface area (Å²) in [5.74, 6) is 0.633. The number of carbonyl (C=O) groups excluding carboxylic acids is 1. The summed E-state index contributed by atoms with van der Waals surface area (Å²) in [4.78, 5) is 25.6. The Morgan fingerprint density at radius 2 is 1.78 bits per heavy atom. The molecule has 0 atom stereocenters. The van der Waals surface area contributed by atoms with Crippen molar-refractivity contribution >= 4 is 22.4 Å². The molecular formula is C20H21N3O4. The smallest absolute Gasteiger partial charge is 0.276 e. The van der Waals surface area contributed by atoms with Gasteiger partial charge in [0.25, 0.3) is 11.5 Å². The molecule has 0 aliphatic carbocycles. The van der Waals surface area contributed by atoms with Gasteiger partial charge >= 0.3 is 0 Å². The van der Waals surface area contributed by atoms with Gasteiger partial charge in [-0.1, -0.05) is 18.2 Å². The van der Waals surface area contributed by atoms with Gasteiger partial charge in [0.1, 0.15) is 11.5 Å². The van der Waals surface area contributed by atoms with Crippen LogP contribution in [-0.4, -0.2) is 29.9 Å². The second-order valence-corrected chi connectivity index (χ2v) is 6.26. The third kappa shape index (κ3) is 3.48. The summed E-state index contributed by atoms with van der Waals surface area (Å²) >= 11 is 0. The molecule has 1 N–H and O–H groups in total. The van der Waals surface area contributed by atoms with E-state index in [9.17, 15) is 9.59 Å². The molecule has 3 rings (SSSR count). The highest BCUT2D eigenvalue weighted by Crippen LogP contribution is 2.29. The van der Waals surface area contributed by atoms with E-state index in [-0.39, 0.29) is 17.3 Å². The van der Waals surface area contributed by atoms with Crippen LogP contribution in [0.15, 0.2) is 47.3 Å². The Hall–Kier alpha value is -3.35. The quantitative estimate of drug-likeness (QED) is 0.748. The zero-order valence-electron chi connectivity index (χ0n) is 15.6. The lowest BCUT2D eigenvalue weighted by molar-refractivity contribution is 0.102. The number of hydrogen-bond donors (Lipinski definition) is 1. The van der Waals surface area contributed by atoms with E-state index in [1.54, 1.807) is 49.6 Å². The van der Waals surface area contributed by atoms with Crippen LogP contribution in [0.4, 0.5) is 5.69 Å². The zero-order chi connectivity index (χ0) is 19.6. The third-order valence-corrected chi connectivity index (χ3v) is 4.19. The number of methoxy groups -OCH3 is 2. The molecule has 0 unspecified atom stereocenters. The van der Waals surface area contributed by atoms with E-state index in [2.05, 4.69) is 10.4 Å². The van der Waals surface area contributed by atoms with Gasteiger partial charge in [-0.25, -0.2) is 4.68 Å². The fourth-order valence-electron chi connectivity index (χ4n) is 2.82. The Labute approximate surface area is 156 Å². The van der Waals surface area contributed by atoms with E-state index in [1.807, 2.05) is 13.8 Å². The van der Waals surface area contributed by atoms with Crippen LogP contribution in [0.1, 0.15) is 30.4 Å². The topological polar surface area (TPSA) is 82.4 Å². The van der Waals surface area contributed by atoms with Crippen molar-refractivity contribution in [2.24, 2.45) is 0 Å². The Balaban J connectivity index is 2.12. The molecule has 0 radical (unpaired) electrons. The predicted molar refractivity (Wildman–Crippen MR) is 104 cm³/mol. The first-order valence-electron chi connectivity index (χ1n) is 8.51. The predicted octanol–water partition coefficient (Wildman–Crippen LogP) is 3.25. The van der Waals surface area contributed by atoms with E-state index in [4.69, 9.17) is 9.47 Å². The summed E-state index contributed by atoms with van der Waals surface area (Å²) in [5.41, 5.74) is 0.398. The van der Waals surface area contributed by atoms with Gasteiger partial charge in [-0.2, -0.15) is 5.10 Å². The van der Waals surface area contributed by atoms with Crippen molar-refractivity contribution in [3.63, 3.8) is 0 Å². The van der Waals surface area contributed by atoms with E-state index in [1.165, 1.54) is 11.8 Å². The Kier molecular flexibility index (Phi) is 5.12. The normalized spacial score (nSPS) is 10.9. The SMILES string of the molecule is COc1ccc(OC)c(NC(=O)c2nn(C(C)C)c(=O)c3ccccc23)c1. The highest BCUT2D eigenvalue weighted by atomic mass is 16.5. The number of ether oxygens (including phenoxy) is 2. The van der Waals surface area contributed by atoms with Crippen molar-refractivity contribution < 1.29 is 14.3 Å². The first kappa shape index (κ1) is 18.4. The minimum absolute atomic E-state index is 0.170. The molecule has 1 aromatic heterocycles. The molecule has 7 nitrogen and oxygen atoms in total.